The van der Waals surface area contributed by atoms with Crippen LogP contribution >= 0.6 is 0 Å². The van der Waals surface area contributed by atoms with Gasteiger partial charge in [-0.25, -0.2) is 4.79 Å². The fraction of sp³-hybridized carbons (Fsp3) is 0.455. The number of rotatable bonds is 8. The van der Waals surface area contributed by atoms with Gasteiger partial charge >= 0.3 is 5.97 Å². The van der Waals surface area contributed by atoms with E-state index in [4.69, 9.17) is 9.47 Å². The molecule has 0 aliphatic heterocycles. The maximum atomic E-state index is 12.2. The minimum absolute atomic E-state index is 0.384. The molecule has 144 valence electrons. The van der Waals surface area contributed by atoms with Gasteiger partial charge in [-0.05, 0) is 49.3 Å². The summed E-state index contributed by atoms with van der Waals surface area (Å²) < 4.78 is 11.1. The Balaban J connectivity index is 1.97. The van der Waals surface area contributed by atoms with Gasteiger partial charge in [-0.2, -0.15) is 0 Å². The Kier molecular flexibility index (Phi) is 5.99. The molecule has 27 heavy (non-hydrogen) atoms. The summed E-state index contributed by atoms with van der Waals surface area (Å²) in [6.45, 7) is 7.89. The van der Waals surface area contributed by atoms with Crippen molar-refractivity contribution in [3.63, 3.8) is 0 Å². The van der Waals surface area contributed by atoms with Gasteiger partial charge in [0.2, 0.25) is 0 Å². The number of hydrogen-bond acceptors (Lipinski definition) is 5. The lowest BCUT2D eigenvalue weighted by molar-refractivity contribution is 0.0601. The largest absolute Gasteiger partial charge is 0.493 e. The molecule has 1 fully saturated rings. The van der Waals surface area contributed by atoms with E-state index in [0.29, 0.717) is 23.9 Å². The molecule has 1 saturated carbocycles. The monoisotopic (exact) mass is 368 g/mol. The van der Waals surface area contributed by atoms with Crippen LogP contribution in [0.3, 0.4) is 0 Å². The number of ether oxygens (including phenoxy) is 2. The molecule has 0 radical (unpaired) electrons. The van der Waals surface area contributed by atoms with Crippen molar-refractivity contribution >= 4 is 17.3 Å². The van der Waals surface area contributed by atoms with Gasteiger partial charge in [0.1, 0.15) is 11.3 Å². The summed E-state index contributed by atoms with van der Waals surface area (Å²) in [7, 11) is 1.39. The van der Waals surface area contributed by atoms with E-state index in [1.807, 2.05) is 6.07 Å². The zero-order valence-electron chi connectivity index (χ0n) is 16.6. The van der Waals surface area contributed by atoms with Gasteiger partial charge in [-0.1, -0.05) is 19.9 Å². The SMILES string of the molecule is CCN(c1ccc(C(C)C)c(OCC2CC2)c1)c1ccncc1C(=O)OC. The van der Waals surface area contributed by atoms with Crippen molar-refractivity contribution in [1.82, 2.24) is 4.98 Å². The van der Waals surface area contributed by atoms with Crippen LogP contribution in [-0.2, 0) is 4.74 Å². The molecular weight excluding hydrogens is 340 g/mol. The second kappa shape index (κ2) is 8.42. The molecule has 1 aromatic carbocycles. The molecular formula is C22H28N2O3. The zero-order valence-corrected chi connectivity index (χ0v) is 16.6. The molecule has 0 bridgehead atoms. The number of esters is 1. The first-order valence-electron chi connectivity index (χ1n) is 9.61. The van der Waals surface area contributed by atoms with Gasteiger partial charge in [-0.15, -0.1) is 0 Å². The molecule has 0 amide bonds. The number of methoxy groups -OCH3 is 1. The predicted molar refractivity (Wildman–Crippen MR) is 107 cm³/mol. The van der Waals surface area contributed by atoms with Gasteiger partial charge < -0.3 is 14.4 Å². The first kappa shape index (κ1) is 19.2. The number of nitrogens with zero attached hydrogens (tertiary/aromatic N) is 2. The van der Waals surface area contributed by atoms with Gasteiger partial charge in [0.05, 0.1) is 19.4 Å². The van der Waals surface area contributed by atoms with Crippen molar-refractivity contribution in [2.75, 3.05) is 25.2 Å². The molecule has 5 heteroatoms. The highest BCUT2D eigenvalue weighted by Crippen LogP contribution is 2.36. The zero-order chi connectivity index (χ0) is 19.4. The van der Waals surface area contributed by atoms with E-state index in [9.17, 15) is 4.79 Å². The van der Waals surface area contributed by atoms with E-state index >= 15 is 0 Å². The Morgan fingerprint density at radius 1 is 1.30 bits per heavy atom. The van der Waals surface area contributed by atoms with E-state index in [2.05, 4.69) is 48.9 Å². The van der Waals surface area contributed by atoms with Crippen molar-refractivity contribution in [3.05, 3.63) is 47.8 Å². The maximum Gasteiger partial charge on any atom is 0.341 e. The third-order valence-corrected chi connectivity index (χ3v) is 4.91. The van der Waals surface area contributed by atoms with Crippen LogP contribution in [0.2, 0.25) is 0 Å². The van der Waals surface area contributed by atoms with Crippen LogP contribution in [0.1, 0.15) is 55.5 Å². The van der Waals surface area contributed by atoms with Crippen molar-refractivity contribution in [3.8, 4) is 5.75 Å². The summed E-state index contributed by atoms with van der Waals surface area (Å²) in [5.41, 5.74) is 3.43. The van der Waals surface area contributed by atoms with Gasteiger partial charge in [0.25, 0.3) is 0 Å². The first-order chi connectivity index (χ1) is 13.0. The fourth-order valence-electron chi connectivity index (χ4n) is 3.17. The van der Waals surface area contributed by atoms with Crippen LogP contribution in [0.5, 0.6) is 5.75 Å². The third kappa shape index (κ3) is 4.41. The molecule has 1 aliphatic rings. The van der Waals surface area contributed by atoms with Crippen LogP contribution in [0.25, 0.3) is 0 Å². The number of benzene rings is 1. The van der Waals surface area contributed by atoms with Crippen LogP contribution in [-0.4, -0.2) is 31.2 Å². The Bertz CT molecular complexity index is 800. The normalized spacial score (nSPS) is 13.5. The lowest BCUT2D eigenvalue weighted by atomic mass is 10.0. The summed E-state index contributed by atoms with van der Waals surface area (Å²) in [4.78, 5) is 18.3. The van der Waals surface area contributed by atoms with E-state index in [0.717, 1.165) is 23.7 Å². The third-order valence-electron chi connectivity index (χ3n) is 4.91. The van der Waals surface area contributed by atoms with Crippen LogP contribution in [0, 0.1) is 5.92 Å². The van der Waals surface area contributed by atoms with Gasteiger partial charge in [0, 0.05) is 30.7 Å². The number of pyridine rings is 1. The summed E-state index contributed by atoms with van der Waals surface area (Å²) in [6.07, 6.45) is 5.77. The van der Waals surface area contributed by atoms with Crippen molar-refractivity contribution < 1.29 is 14.3 Å². The Hall–Kier alpha value is -2.56. The molecule has 3 rings (SSSR count). The topological polar surface area (TPSA) is 51.7 Å². The molecule has 1 heterocycles. The summed E-state index contributed by atoms with van der Waals surface area (Å²) in [6, 6.07) is 8.15. The fourth-order valence-corrected chi connectivity index (χ4v) is 3.17. The number of aromatic nitrogens is 1. The van der Waals surface area contributed by atoms with Crippen LogP contribution in [0.15, 0.2) is 36.7 Å². The highest BCUT2D eigenvalue weighted by atomic mass is 16.5. The second-order valence-corrected chi connectivity index (χ2v) is 7.26. The second-order valence-electron chi connectivity index (χ2n) is 7.26. The Labute approximate surface area is 161 Å². The van der Waals surface area contributed by atoms with Gasteiger partial charge in [-0.3, -0.25) is 4.98 Å². The first-order valence-corrected chi connectivity index (χ1v) is 9.61. The van der Waals surface area contributed by atoms with Gasteiger partial charge in [0.15, 0.2) is 0 Å². The number of hydrogen-bond donors (Lipinski definition) is 0. The van der Waals surface area contributed by atoms with E-state index in [1.165, 1.54) is 25.5 Å². The molecule has 0 saturated heterocycles. The lowest BCUT2D eigenvalue weighted by Gasteiger charge is -2.26. The molecule has 0 N–H and O–H groups in total. The minimum Gasteiger partial charge on any atom is -0.493 e. The van der Waals surface area contributed by atoms with E-state index < -0.39 is 0 Å². The maximum absolute atomic E-state index is 12.2. The molecule has 0 spiro atoms. The van der Waals surface area contributed by atoms with E-state index in [1.54, 1.807) is 12.4 Å². The summed E-state index contributed by atoms with van der Waals surface area (Å²) in [5, 5.41) is 0. The minimum atomic E-state index is -0.388. The average Bonchev–Trinajstić information content (AvgIpc) is 3.51. The van der Waals surface area contributed by atoms with Crippen LogP contribution in [0.4, 0.5) is 11.4 Å². The highest BCUT2D eigenvalue weighted by molar-refractivity contribution is 5.96. The Morgan fingerprint density at radius 2 is 2.07 bits per heavy atom. The molecule has 1 aliphatic carbocycles. The molecule has 0 atom stereocenters. The van der Waals surface area contributed by atoms with Crippen molar-refractivity contribution in [2.24, 2.45) is 5.92 Å². The molecule has 1 aromatic heterocycles. The highest BCUT2D eigenvalue weighted by Gasteiger charge is 2.23. The number of carbonyl (C=O) groups excluding carboxylic acids is 1. The predicted octanol–water partition coefficient (Wildman–Crippen LogP) is 4.94. The molecule has 2 aromatic rings. The number of carbonyl (C=O) groups is 1. The summed E-state index contributed by atoms with van der Waals surface area (Å²) >= 11 is 0. The van der Waals surface area contributed by atoms with Crippen molar-refractivity contribution in [1.29, 1.82) is 0 Å². The molecule has 5 nitrogen and oxygen atoms in total. The Morgan fingerprint density at radius 3 is 2.70 bits per heavy atom. The molecule has 0 unspecified atom stereocenters. The lowest BCUT2D eigenvalue weighted by Crippen LogP contribution is -2.20. The average molecular weight is 368 g/mol. The summed E-state index contributed by atoms with van der Waals surface area (Å²) in [5.74, 6) is 1.62. The van der Waals surface area contributed by atoms with Crippen LogP contribution < -0.4 is 9.64 Å². The quantitative estimate of drug-likeness (QED) is 0.618. The standard InChI is InChI=1S/C22H28N2O3/c1-5-24(20-10-11-23-13-19(20)22(25)26-4)17-8-9-18(15(2)3)21(12-17)27-14-16-6-7-16/h8-13,15-16H,5-7,14H2,1-4H3. The smallest absolute Gasteiger partial charge is 0.341 e. The van der Waals surface area contributed by atoms with E-state index in [-0.39, 0.29) is 5.97 Å². The number of anilines is 2. The van der Waals surface area contributed by atoms with Crippen molar-refractivity contribution in [2.45, 2.75) is 39.5 Å².